The monoisotopic (exact) mass is 258 g/mol. The van der Waals surface area contributed by atoms with E-state index in [1.165, 1.54) is 0 Å². The second-order valence-electron chi connectivity index (χ2n) is 2.35. The van der Waals surface area contributed by atoms with Gasteiger partial charge < -0.3 is 4.74 Å². The Morgan fingerprint density at radius 3 is 1.33 bits per heavy atom. The van der Waals surface area contributed by atoms with Gasteiger partial charge in [-0.15, -0.1) is 0 Å². The van der Waals surface area contributed by atoms with Gasteiger partial charge in [0.2, 0.25) is 0 Å². The summed E-state index contributed by atoms with van der Waals surface area (Å²) in [6.07, 6.45) is 0. The number of hydrogen-bond acceptors (Lipinski definition) is 7. The van der Waals surface area contributed by atoms with E-state index in [-0.39, 0.29) is 0 Å². The van der Waals surface area contributed by atoms with Crippen LogP contribution in [0.5, 0.6) is 0 Å². The highest BCUT2D eigenvalue weighted by Gasteiger charge is 1.91. The van der Waals surface area contributed by atoms with Crippen LogP contribution in [-0.4, -0.2) is 51.1 Å². The zero-order valence-electron chi connectivity index (χ0n) is 8.59. The lowest BCUT2D eigenvalue weighted by atomic mass is 10.7. The Hall–Kier alpha value is 0.500. The van der Waals surface area contributed by atoms with Crippen molar-refractivity contribution in [2.45, 2.75) is 0 Å². The highest BCUT2D eigenvalue weighted by Crippen LogP contribution is 1.85. The van der Waals surface area contributed by atoms with E-state index in [1.54, 1.807) is 0 Å². The van der Waals surface area contributed by atoms with Gasteiger partial charge in [-0.2, -0.15) is 25.3 Å². The fraction of sp³-hybridized carbons (Fsp3) is 1.00. The molecule has 0 unspecified atom stereocenters. The van der Waals surface area contributed by atoms with Gasteiger partial charge in [-0.05, 0) is 0 Å². The molecule has 0 aromatic rings. The smallest absolute Gasteiger partial charge is 0.106 e. The summed E-state index contributed by atoms with van der Waals surface area (Å²) in [6, 6.07) is 0. The van der Waals surface area contributed by atoms with Crippen LogP contribution in [0.25, 0.3) is 0 Å². The summed E-state index contributed by atoms with van der Waals surface area (Å²) in [7, 11) is 0. The first-order valence-electron chi connectivity index (χ1n) is 4.70. The van der Waals surface area contributed by atoms with Crippen LogP contribution in [0.4, 0.5) is 0 Å². The third kappa shape index (κ3) is 14.5. The predicted octanol–water partition coefficient (Wildman–Crippen LogP) is 0.759. The van der Waals surface area contributed by atoms with Gasteiger partial charge in [0.25, 0.3) is 0 Å². The van der Waals surface area contributed by atoms with Gasteiger partial charge in [-0.25, -0.2) is 19.6 Å². The van der Waals surface area contributed by atoms with Crippen LogP contribution in [-0.2, 0) is 24.3 Å². The van der Waals surface area contributed by atoms with Crippen LogP contribution in [0.1, 0.15) is 0 Å². The van der Waals surface area contributed by atoms with Gasteiger partial charge in [0.05, 0.1) is 26.4 Å². The van der Waals surface area contributed by atoms with Crippen molar-refractivity contribution in [2.24, 2.45) is 0 Å². The van der Waals surface area contributed by atoms with Crippen LogP contribution in [0, 0.1) is 0 Å². The largest absolute Gasteiger partial charge is 0.376 e. The Morgan fingerprint density at radius 1 is 0.533 bits per heavy atom. The van der Waals surface area contributed by atoms with Crippen molar-refractivity contribution in [3.8, 4) is 0 Å². The van der Waals surface area contributed by atoms with Crippen LogP contribution >= 0.6 is 25.3 Å². The molecule has 5 nitrogen and oxygen atoms in total. The summed E-state index contributed by atoms with van der Waals surface area (Å²) in [5.74, 6) is 1.27. The maximum Gasteiger partial charge on any atom is 0.106 e. The number of thiol groups is 2. The molecule has 0 bridgehead atoms. The van der Waals surface area contributed by atoms with E-state index < -0.39 is 0 Å². The molecule has 0 aliphatic rings. The molecule has 0 aliphatic carbocycles. The lowest BCUT2D eigenvalue weighted by Gasteiger charge is -2.05. The normalized spacial score (nSPS) is 10.8. The molecule has 92 valence electrons. The third-order valence-corrected chi connectivity index (χ3v) is 1.50. The summed E-state index contributed by atoms with van der Waals surface area (Å²) in [4.78, 5) is 19.0. The van der Waals surface area contributed by atoms with Crippen molar-refractivity contribution < 1.29 is 24.3 Å². The van der Waals surface area contributed by atoms with Crippen molar-refractivity contribution in [2.75, 3.05) is 51.1 Å². The van der Waals surface area contributed by atoms with Crippen molar-refractivity contribution in [1.29, 1.82) is 0 Å². The van der Waals surface area contributed by atoms with Gasteiger partial charge in [0, 0.05) is 11.5 Å². The lowest BCUT2D eigenvalue weighted by Crippen LogP contribution is -2.10. The Bertz CT molecular complexity index is 105. The molecule has 0 heterocycles. The van der Waals surface area contributed by atoms with Crippen LogP contribution in [0.15, 0.2) is 0 Å². The van der Waals surface area contributed by atoms with Crippen LogP contribution in [0.3, 0.4) is 0 Å². The molecule has 0 aromatic heterocycles. The first kappa shape index (κ1) is 15.5. The average Bonchev–Trinajstić information content (AvgIpc) is 2.26. The summed E-state index contributed by atoms with van der Waals surface area (Å²) < 4.78 is 5.15. The second-order valence-corrected chi connectivity index (χ2v) is 3.24. The topological polar surface area (TPSA) is 46.2 Å². The Balaban J connectivity index is 2.81. The summed E-state index contributed by atoms with van der Waals surface area (Å²) in [5, 5.41) is 0. The average molecular weight is 258 g/mol. The molecule has 0 aromatic carbocycles. The molecular formula is C8H18O5S2. The molecular weight excluding hydrogens is 240 g/mol. The summed E-state index contributed by atoms with van der Waals surface area (Å²) >= 11 is 7.90. The molecule has 0 N–H and O–H groups in total. The highest BCUT2D eigenvalue weighted by atomic mass is 32.1. The molecule has 0 radical (unpaired) electrons. The molecule has 0 aliphatic heterocycles. The van der Waals surface area contributed by atoms with Gasteiger partial charge in [-0.3, -0.25) is 0 Å². The quantitative estimate of drug-likeness (QED) is 0.234. The maximum absolute atomic E-state index is 5.15. The molecule has 0 spiro atoms. The second kappa shape index (κ2) is 14.5. The van der Waals surface area contributed by atoms with Gasteiger partial charge >= 0.3 is 0 Å². The van der Waals surface area contributed by atoms with Crippen molar-refractivity contribution in [1.82, 2.24) is 0 Å². The van der Waals surface area contributed by atoms with E-state index in [1.807, 2.05) is 0 Å². The minimum absolute atomic E-state index is 0.394. The maximum atomic E-state index is 5.15. The van der Waals surface area contributed by atoms with Gasteiger partial charge in [0.1, 0.15) is 13.2 Å². The van der Waals surface area contributed by atoms with E-state index in [0.717, 1.165) is 0 Å². The van der Waals surface area contributed by atoms with Crippen molar-refractivity contribution >= 4 is 25.3 Å². The van der Waals surface area contributed by atoms with Gasteiger partial charge in [0.15, 0.2) is 0 Å². The van der Waals surface area contributed by atoms with E-state index in [2.05, 4.69) is 25.3 Å². The van der Waals surface area contributed by atoms with E-state index in [4.69, 9.17) is 24.3 Å². The fourth-order valence-corrected chi connectivity index (χ4v) is 0.747. The van der Waals surface area contributed by atoms with E-state index in [9.17, 15) is 0 Å². The zero-order valence-corrected chi connectivity index (χ0v) is 10.4. The molecule has 15 heavy (non-hydrogen) atoms. The molecule has 0 rings (SSSR count). The zero-order chi connectivity index (χ0) is 11.2. The van der Waals surface area contributed by atoms with E-state index in [0.29, 0.717) is 51.1 Å². The third-order valence-electron chi connectivity index (χ3n) is 1.14. The first-order valence-corrected chi connectivity index (χ1v) is 5.96. The van der Waals surface area contributed by atoms with Gasteiger partial charge in [-0.1, -0.05) is 0 Å². The standard InChI is InChI=1S/C8H18O5S2/c14-7-5-12-10-3-1-9-2-4-11-13-6-8-15/h14-15H,1-8H2. The lowest BCUT2D eigenvalue weighted by molar-refractivity contribution is -0.304. The Labute approximate surface area is 101 Å². The molecule has 0 saturated carbocycles. The van der Waals surface area contributed by atoms with E-state index >= 15 is 0 Å². The van der Waals surface area contributed by atoms with Crippen molar-refractivity contribution in [3.05, 3.63) is 0 Å². The predicted molar refractivity (Wildman–Crippen MR) is 62.3 cm³/mol. The number of ether oxygens (including phenoxy) is 1. The Kier molecular flexibility index (Phi) is 15.0. The van der Waals surface area contributed by atoms with Crippen LogP contribution in [0.2, 0.25) is 0 Å². The first-order chi connectivity index (χ1) is 7.41. The number of hydrogen-bond donors (Lipinski definition) is 2. The molecule has 0 atom stereocenters. The summed E-state index contributed by atoms with van der Waals surface area (Å²) in [5.41, 5.74) is 0. The molecule has 7 heteroatoms. The summed E-state index contributed by atoms with van der Waals surface area (Å²) in [6.45, 7) is 2.66. The minimum Gasteiger partial charge on any atom is -0.376 e. The fourth-order valence-electron chi connectivity index (χ4n) is 0.598. The molecule has 0 fully saturated rings. The number of rotatable bonds is 12. The highest BCUT2D eigenvalue weighted by molar-refractivity contribution is 7.80. The van der Waals surface area contributed by atoms with Crippen molar-refractivity contribution in [3.63, 3.8) is 0 Å². The SMILES string of the molecule is SCCOOCCOCCOOCCS. The molecule has 0 saturated heterocycles. The Morgan fingerprint density at radius 2 is 0.933 bits per heavy atom. The molecule has 0 amide bonds. The minimum atomic E-state index is 0.394. The van der Waals surface area contributed by atoms with Crippen LogP contribution < -0.4 is 0 Å².